The van der Waals surface area contributed by atoms with E-state index in [1.807, 2.05) is 24.2 Å². The molecule has 1 saturated carbocycles. The van der Waals surface area contributed by atoms with E-state index in [2.05, 4.69) is 30.7 Å². The van der Waals surface area contributed by atoms with Gasteiger partial charge in [0.25, 0.3) is 0 Å². The molecule has 2 fully saturated rings. The second-order valence-electron chi connectivity index (χ2n) is 8.77. The highest BCUT2D eigenvalue weighted by Crippen LogP contribution is 2.29. The monoisotopic (exact) mass is 344 g/mol. The van der Waals surface area contributed by atoms with Gasteiger partial charge in [0.15, 0.2) is 0 Å². The largest absolute Gasteiger partial charge is 0.356 e. The van der Waals surface area contributed by atoms with Gasteiger partial charge in [-0.1, -0.05) is 27.2 Å². The molecule has 2 aliphatic rings. The first-order valence-electron chi connectivity index (χ1n) is 9.68. The predicted octanol–water partition coefficient (Wildman–Crippen LogP) is 3.25. The van der Waals surface area contributed by atoms with Crippen molar-refractivity contribution in [1.82, 2.24) is 14.9 Å². The molecule has 25 heavy (non-hydrogen) atoms. The average molecular weight is 345 g/mol. The van der Waals surface area contributed by atoms with Crippen molar-refractivity contribution in [3.05, 3.63) is 18.1 Å². The summed E-state index contributed by atoms with van der Waals surface area (Å²) in [6, 6.07) is 2.02. The highest BCUT2D eigenvalue weighted by Gasteiger charge is 2.30. The first kappa shape index (κ1) is 18.2. The fourth-order valence-electron chi connectivity index (χ4n) is 3.68. The lowest BCUT2D eigenvalue weighted by Crippen LogP contribution is -2.42. The summed E-state index contributed by atoms with van der Waals surface area (Å²) >= 11 is 0. The van der Waals surface area contributed by atoms with Gasteiger partial charge in [-0.25, -0.2) is 9.97 Å². The maximum atomic E-state index is 12.3. The first-order chi connectivity index (χ1) is 11.8. The SMILES string of the molecule is CN(CC1CCN(c2ccnc(C(C)(C)C)n2)CC1)C(=O)C1CCC1. The van der Waals surface area contributed by atoms with Crippen LogP contribution in [0.25, 0.3) is 0 Å². The van der Waals surface area contributed by atoms with E-state index in [4.69, 9.17) is 4.98 Å². The molecule has 1 saturated heterocycles. The lowest BCUT2D eigenvalue weighted by Gasteiger charge is -2.36. The molecule has 1 aromatic heterocycles. The Morgan fingerprint density at radius 2 is 1.92 bits per heavy atom. The summed E-state index contributed by atoms with van der Waals surface area (Å²) in [6.07, 6.45) is 7.52. The minimum atomic E-state index is -0.0288. The summed E-state index contributed by atoms with van der Waals surface area (Å²) in [6.45, 7) is 9.36. The van der Waals surface area contributed by atoms with Crippen molar-refractivity contribution in [2.45, 2.75) is 58.3 Å². The van der Waals surface area contributed by atoms with Crippen LogP contribution in [0.1, 0.15) is 58.7 Å². The van der Waals surface area contributed by atoms with Crippen molar-refractivity contribution in [2.75, 3.05) is 31.6 Å². The molecule has 0 spiro atoms. The minimum absolute atomic E-state index is 0.0288. The van der Waals surface area contributed by atoms with Crippen molar-refractivity contribution in [2.24, 2.45) is 11.8 Å². The Bertz CT molecular complexity index is 598. The van der Waals surface area contributed by atoms with Crippen LogP contribution in [0.3, 0.4) is 0 Å². The van der Waals surface area contributed by atoms with Crippen LogP contribution in [0.4, 0.5) is 5.82 Å². The Hall–Kier alpha value is -1.65. The van der Waals surface area contributed by atoms with E-state index in [-0.39, 0.29) is 5.41 Å². The maximum Gasteiger partial charge on any atom is 0.225 e. The van der Waals surface area contributed by atoms with Gasteiger partial charge < -0.3 is 9.80 Å². The normalized spacial score (nSPS) is 19.6. The number of carbonyl (C=O) groups excluding carboxylic acids is 1. The van der Waals surface area contributed by atoms with Crippen molar-refractivity contribution >= 4 is 11.7 Å². The molecular formula is C20H32N4O. The van der Waals surface area contributed by atoms with Crippen molar-refractivity contribution in [3.8, 4) is 0 Å². The Balaban J connectivity index is 1.52. The maximum absolute atomic E-state index is 12.3. The van der Waals surface area contributed by atoms with Gasteiger partial charge in [0, 0.05) is 44.2 Å². The Morgan fingerprint density at radius 1 is 1.24 bits per heavy atom. The van der Waals surface area contributed by atoms with Gasteiger partial charge in [-0.3, -0.25) is 4.79 Å². The van der Waals surface area contributed by atoms with E-state index in [9.17, 15) is 4.79 Å². The second-order valence-corrected chi connectivity index (χ2v) is 8.77. The molecule has 0 atom stereocenters. The van der Waals surface area contributed by atoms with Crippen LogP contribution in [0, 0.1) is 11.8 Å². The van der Waals surface area contributed by atoms with Gasteiger partial charge in [0.2, 0.25) is 5.91 Å². The van der Waals surface area contributed by atoms with Crippen LogP contribution in [-0.2, 0) is 10.2 Å². The van der Waals surface area contributed by atoms with Crippen LogP contribution < -0.4 is 4.90 Å². The summed E-state index contributed by atoms with van der Waals surface area (Å²) in [5.41, 5.74) is -0.0288. The van der Waals surface area contributed by atoms with Crippen LogP contribution >= 0.6 is 0 Å². The molecule has 138 valence electrons. The second kappa shape index (κ2) is 7.30. The molecule has 0 N–H and O–H groups in total. The van der Waals surface area contributed by atoms with Crippen molar-refractivity contribution in [3.63, 3.8) is 0 Å². The third-order valence-electron chi connectivity index (χ3n) is 5.61. The molecule has 0 aromatic carbocycles. The molecule has 1 aliphatic carbocycles. The first-order valence-corrected chi connectivity index (χ1v) is 9.68. The molecule has 1 aliphatic heterocycles. The van der Waals surface area contributed by atoms with Gasteiger partial charge >= 0.3 is 0 Å². The zero-order chi connectivity index (χ0) is 18.0. The van der Waals surface area contributed by atoms with Gasteiger partial charge in [0.05, 0.1) is 0 Å². The highest BCUT2D eigenvalue weighted by atomic mass is 16.2. The molecule has 5 heteroatoms. The highest BCUT2D eigenvalue weighted by molar-refractivity contribution is 5.79. The van der Waals surface area contributed by atoms with Crippen molar-refractivity contribution in [1.29, 1.82) is 0 Å². The zero-order valence-electron chi connectivity index (χ0n) is 16.2. The number of nitrogens with zero attached hydrogens (tertiary/aromatic N) is 4. The quantitative estimate of drug-likeness (QED) is 0.841. The third-order valence-corrected chi connectivity index (χ3v) is 5.61. The van der Waals surface area contributed by atoms with E-state index in [1.54, 1.807) is 0 Å². The molecule has 1 aromatic rings. The molecule has 0 radical (unpaired) electrons. The van der Waals surface area contributed by atoms with Gasteiger partial charge in [-0.05, 0) is 37.7 Å². The lowest BCUT2D eigenvalue weighted by molar-refractivity contribution is -0.137. The number of aromatic nitrogens is 2. The summed E-state index contributed by atoms with van der Waals surface area (Å²) in [5, 5.41) is 0. The summed E-state index contributed by atoms with van der Waals surface area (Å²) in [4.78, 5) is 25.9. The number of piperidine rings is 1. The van der Waals surface area contributed by atoms with E-state index < -0.39 is 0 Å². The predicted molar refractivity (Wildman–Crippen MR) is 101 cm³/mol. The Morgan fingerprint density at radius 3 is 2.48 bits per heavy atom. The van der Waals surface area contributed by atoms with Crippen LogP contribution in [0.5, 0.6) is 0 Å². The molecule has 1 amide bonds. The number of amides is 1. The molecule has 3 rings (SSSR count). The van der Waals surface area contributed by atoms with Gasteiger partial charge in [-0.15, -0.1) is 0 Å². The number of rotatable bonds is 4. The minimum Gasteiger partial charge on any atom is -0.356 e. The number of carbonyl (C=O) groups is 1. The molecule has 0 unspecified atom stereocenters. The molecule has 5 nitrogen and oxygen atoms in total. The zero-order valence-corrected chi connectivity index (χ0v) is 16.2. The number of anilines is 1. The van der Waals surface area contributed by atoms with Gasteiger partial charge in [0.1, 0.15) is 11.6 Å². The summed E-state index contributed by atoms with van der Waals surface area (Å²) in [5.74, 6) is 3.21. The van der Waals surface area contributed by atoms with Crippen LogP contribution in [-0.4, -0.2) is 47.5 Å². The smallest absolute Gasteiger partial charge is 0.225 e. The molecule has 0 bridgehead atoms. The Labute approximate surface area is 151 Å². The Kier molecular flexibility index (Phi) is 5.30. The third kappa shape index (κ3) is 4.31. The van der Waals surface area contributed by atoms with Crippen molar-refractivity contribution < 1.29 is 4.79 Å². The van der Waals surface area contributed by atoms with Crippen LogP contribution in [0.15, 0.2) is 12.3 Å². The standard InChI is InChI=1S/C20H32N4O/c1-20(2,3)19-21-11-8-17(22-19)24-12-9-15(10-13-24)14-23(4)18(25)16-6-5-7-16/h8,11,15-16H,5-7,9-10,12-14H2,1-4H3. The number of hydrogen-bond acceptors (Lipinski definition) is 4. The summed E-state index contributed by atoms with van der Waals surface area (Å²) < 4.78 is 0. The van der Waals surface area contributed by atoms with E-state index in [0.29, 0.717) is 17.7 Å². The van der Waals surface area contributed by atoms with E-state index >= 15 is 0 Å². The lowest BCUT2D eigenvalue weighted by atomic mass is 9.84. The topological polar surface area (TPSA) is 49.3 Å². The molecule has 2 heterocycles. The number of hydrogen-bond donors (Lipinski definition) is 0. The fraction of sp³-hybridized carbons (Fsp3) is 0.750. The van der Waals surface area contributed by atoms with E-state index in [0.717, 1.165) is 57.0 Å². The molecular weight excluding hydrogens is 312 g/mol. The van der Waals surface area contributed by atoms with Crippen LogP contribution in [0.2, 0.25) is 0 Å². The summed E-state index contributed by atoms with van der Waals surface area (Å²) in [7, 11) is 1.98. The average Bonchev–Trinajstić information content (AvgIpc) is 2.53. The van der Waals surface area contributed by atoms with Gasteiger partial charge in [-0.2, -0.15) is 0 Å². The fourth-order valence-corrected chi connectivity index (χ4v) is 3.68. The van der Waals surface area contributed by atoms with E-state index in [1.165, 1.54) is 6.42 Å².